The predicted molar refractivity (Wildman–Crippen MR) is 107 cm³/mol. The molecule has 0 radical (unpaired) electrons. The highest BCUT2D eigenvalue weighted by atomic mass is 32.2. The molecule has 2 heterocycles. The van der Waals surface area contributed by atoms with Gasteiger partial charge in [-0.3, -0.25) is 9.88 Å². The number of hydrogen-bond donors (Lipinski definition) is 0. The zero-order valence-electron chi connectivity index (χ0n) is 16.0. The monoisotopic (exact) mass is 435 g/mol. The van der Waals surface area contributed by atoms with Crippen LogP contribution in [0.2, 0.25) is 0 Å². The molecule has 5 nitrogen and oxygen atoms in total. The van der Waals surface area contributed by atoms with Crippen molar-refractivity contribution in [2.24, 2.45) is 0 Å². The molecule has 0 amide bonds. The number of alkyl halides is 3. The van der Waals surface area contributed by atoms with Gasteiger partial charge in [0.2, 0.25) is 10.0 Å². The summed E-state index contributed by atoms with van der Waals surface area (Å²) < 4.78 is 66.6. The molecule has 1 aromatic heterocycles. The van der Waals surface area contributed by atoms with E-state index in [0.717, 1.165) is 33.0 Å². The summed E-state index contributed by atoms with van der Waals surface area (Å²) in [6, 6.07) is 16.0. The first-order valence-electron chi connectivity index (χ1n) is 9.48. The number of rotatable bonds is 4. The third kappa shape index (κ3) is 4.19. The van der Waals surface area contributed by atoms with Crippen LogP contribution in [-0.2, 0) is 22.7 Å². The van der Waals surface area contributed by atoms with Crippen molar-refractivity contribution >= 4 is 20.9 Å². The lowest BCUT2D eigenvalue weighted by Gasteiger charge is -2.34. The number of piperazine rings is 1. The molecular formula is C21H20F3N3O2S. The number of nitrogens with zero attached hydrogens (tertiary/aromatic N) is 3. The Labute approximate surface area is 172 Å². The van der Waals surface area contributed by atoms with Gasteiger partial charge >= 0.3 is 6.18 Å². The number of para-hydroxylation sites is 1. The molecule has 1 aliphatic heterocycles. The second kappa shape index (κ2) is 7.98. The number of halogens is 3. The van der Waals surface area contributed by atoms with Crippen LogP contribution in [0.1, 0.15) is 11.3 Å². The second-order valence-electron chi connectivity index (χ2n) is 7.17. The summed E-state index contributed by atoms with van der Waals surface area (Å²) in [4.78, 5) is 5.99. The van der Waals surface area contributed by atoms with Crippen molar-refractivity contribution in [3.8, 4) is 0 Å². The lowest BCUT2D eigenvalue weighted by Crippen LogP contribution is -2.48. The van der Waals surface area contributed by atoms with Crippen LogP contribution in [-0.4, -0.2) is 48.8 Å². The van der Waals surface area contributed by atoms with E-state index in [1.54, 1.807) is 0 Å². The fourth-order valence-electron chi connectivity index (χ4n) is 3.62. The van der Waals surface area contributed by atoms with Crippen molar-refractivity contribution in [1.82, 2.24) is 14.2 Å². The van der Waals surface area contributed by atoms with Crippen LogP contribution in [0.5, 0.6) is 0 Å². The van der Waals surface area contributed by atoms with Gasteiger partial charge in [-0.1, -0.05) is 36.4 Å². The second-order valence-corrected chi connectivity index (χ2v) is 9.08. The van der Waals surface area contributed by atoms with E-state index in [4.69, 9.17) is 0 Å². The summed E-state index contributed by atoms with van der Waals surface area (Å²) in [5.41, 5.74) is 0.625. The molecular weight excluding hydrogens is 415 g/mol. The lowest BCUT2D eigenvalue weighted by molar-refractivity contribution is -0.139. The summed E-state index contributed by atoms with van der Waals surface area (Å²) in [6.45, 7) is 1.64. The quantitative estimate of drug-likeness (QED) is 0.626. The van der Waals surface area contributed by atoms with Gasteiger partial charge in [-0.25, -0.2) is 8.42 Å². The lowest BCUT2D eigenvalue weighted by atomic mass is 10.2. The highest BCUT2D eigenvalue weighted by molar-refractivity contribution is 7.89. The number of pyridine rings is 1. The third-order valence-corrected chi connectivity index (χ3v) is 7.14. The zero-order chi connectivity index (χ0) is 21.4. The molecule has 0 spiro atoms. The number of sulfonamides is 1. The van der Waals surface area contributed by atoms with Gasteiger partial charge in [-0.15, -0.1) is 0 Å². The van der Waals surface area contributed by atoms with E-state index in [0.29, 0.717) is 19.6 Å². The van der Waals surface area contributed by atoms with Crippen LogP contribution in [0.3, 0.4) is 0 Å². The molecule has 0 unspecified atom stereocenters. The molecule has 4 rings (SSSR count). The fraction of sp³-hybridized carbons (Fsp3) is 0.286. The minimum Gasteiger partial charge on any atom is -0.295 e. The van der Waals surface area contributed by atoms with Crippen molar-refractivity contribution in [1.29, 1.82) is 0 Å². The van der Waals surface area contributed by atoms with Gasteiger partial charge in [-0.05, 0) is 24.3 Å². The Morgan fingerprint density at radius 3 is 2.27 bits per heavy atom. The summed E-state index contributed by atoms with van der Waals surface area (Å²) in [5.74, 6) is 0. The molecule has 9 heteroatoms. The Morgan fingerprint density at radius 1 is 0.867 bits per heavy atom. The van der Waals surface area contributed by atoms with E-state index in [9.17, 15) is 21.6 Å². The van der Waals surface area contributed by atoms with Crippen molar-refractivity contribution in [2.45, 2.75) is 17.6 Å². The SMILES string of the molecule is O=S(=O)(c1ccccc1C(F)(F)F)N1CCN(Cc2ccc3ccccc3n2)CC1. The van der Waals surface area contributed by atoms with Crippen LogP contribution in [0.25, 0.3) is 10.9 Å². The molecule has 3 aromatic rings. The van der Waals surface area contributed by atoms with Gasteiger partial charge in [0.15, 0.2) is 0 Å². The molecule has 0 bridgehead atoms. The minimum absolute atomic E-state index is 0.127. The van der Waals surface area contributed by atoms with Crippen LogP contribution < -0.4 is 0 Å². The molecule has 0 aliphatic carbocycles. The predicted octanol–water partition coefficient (Wildman–Crippen LogP) is 3.76. The summed E-state index contributed by atoms with van der Waals surface area (Å²) in [7, 11) is -4.23. The number of aromatic nitrogens is 1. The fourth-order valence-corrected chi connectivity index (χ4v) is 5.25. The Balaban J connectivity index is 1.46. The summed E-state index contributed by atoms with van der Waals surface area (Å²) in [5, 5.41) is 1.04. The Morgan fingerprint density at radius 2 is 1.53 bits per heavy atom. The van der Waals surface area contributed by atoms with Crippen molar-refractivity contribution in [3.63, 3.8) is 0 Å². The smallest absolute Gasteiger partial charge is 0.295 e. The Kier molecular flexibility index (Phi) is 5.52. The van der Waals surface area contributed by atoms with E-state index in [2.05, 4.69) is 9.88 Å². The maximum Gasteiger partial charge on any atom is 0.417 e. The van der Waals surface area contributed by atoms with Gasteiger partial charge in [0.1, 0.15) is 0 Å². The number of benzene rings is 2. The molecule has 0 atom stereocenters. The average molecular weight is 435 g/mol. The van der Waals surface area contributed by atoms with Crippen LogP contribution in [0.15, 0.2) is 65.6 Å². The number of fused-ring (bicyclic) bond motifs is 1. The Hall–Kier alpha value is -2.49. The van der Waals surface area contributed by atoms with E-state index >= 15 is 0 Å². The maximum absolute atomic E-state index is 13.3. The van der Waals surface area contributed by atoms with Crippen LogP contribution >= 0.6 is 0 Å². The summed E-state index contributed by atoms with van der Waals surface area (Å²) in [6.07, 6.45) is -4.73. The minimum atomic E-state index is -4.73. The van der Waals surface area contributed by atoms with Gasteiger partial charge in [0, 0.05) is 38.1 Å². The molecule has 1 aliphatic rings. The molecule has 30 heavy (non-hydrogen) atoms. The zero-order valence-corrected chi connectivity index (χ0v) is 16.8. The van der Waals surface area contributed by atoms with E-state index < -0.39 is 26.7 Å². The topological polar surface area (TPSA) is 53.5 Å². The first-order chi connectivity index (χ1) is 14.2. The van der Waals surface area contributed by atoms with Crippen molar-refractivity contribution in [3.05, 3.63) is 71.9 Å². The Bertz CT molecular complexity index is 1160. The molecule has 2 aromatic carbocycles. The van der Waals surface area contributed by atoms with Crippen LogP contribution in [0, 0.1) is 0 Å². The van der Waals surface area contributed by atoms with E-state index in [-0.39, 0.29) is 13.1 Å². The van der Waals surface area contributed by atoms with Crippen LogP contribution in [0.4, 0.5) is 13.2 Å². The molecule has 158 valence electrons. The van der Waals surface area contributed by atoms with Crippen molar-refractivity contribution < 1.29 is 21.6 Å². The van der Waals surface area contributed by atoms with Gasteiger partial charge < -0.3 is 0 Å². The first-order valence-corrected chi connectivity index (χ1v) is 10.9. The molecule has 1 fully saturated rings. The first kappa shape index (κ1) is 20.8. The molecule has 0 N–H and O–H groups in total. The normalized spacial score (nSPS) is 16.8. The van der Waals surface area contributed by atoms with Gasteiger partial charge in [0.05, 0.1) is 21.7 Å². The molecule has 1 saturated heterocycles. The highest BCUT2D eigenvalue weighted by Crippen LogP contribution is 2.35. The largest absolute Gasteiger partial charge is 0.417 e. The highest BCUT2D eigenvalue weighted by Gasteiger charge is 2.39. The maximum atomic E-state index is 13.3. The molecule has 0 saturated carbocycles. The van der Waals surface area contributed by atoms with E-state index in [1.165, 1.54) is 12.1 Å². The number of hydrogen-bond acceptors (Lipinski definition) is 4. The van der Waals surface area contributed by atoms with Gasteiger partial charge in [-0.2, -0.15) is 17.5 Å². The van der Waals surface area contributed by atoms with E-state index in [1.807, 2.05) is 36.4 Å². The summed E-state index contributed by atoms with van der Waals surface area (Å²) >= 11 is 0. The van der Waals surface area contributed by atoms with Crippen molar-refractivity contribution in [2.75, 3.05) is 26.2 Å². The third-order valence-electron chi connectivity index (χ3n) is 5.18. The average Bonchev–Trinajstić information content (AvgIpc) is 2.73. The standard InChI is InChI=1S/C21H20F3N3O2S/c22-21(23,24)18-6-2-4-8-20(18)30(28,29)27-13-11-26(12-14-27)15-17-10-9-16-5-1-3-7-19(16)25-17/h1-10H,11-15H2. The van der Waals surface area contributed by atoms with Gasteiger partial charge in [0.25, 0.3) is 0 Å².